The van der Waals surface area contributed by atoms with E-state index in [0.717, 1.165) is 24.1 Å². The molecule has 0 radical (unpaired) electrons. The van der Waals surface area contributed by atoms with E-state index in [1.54, 1.807) is 0 Å². The van der Waals surface area contributed by atoms with E-state index in [4.69, 9.17) is 10.5 Å². The molecule has 0 spiro atoms. The van der Waals surface area contributed by atoms with E-state index in [0.29, 0.717) is 13.1 Å². The highest BCUT2D eigenvalue weighted by Crippen LogP contribution is 2.21. The molecule has 2 rings (SSSR count). The first-order valence-electron chi connectivity index (χ1n) is 6.39. The Hall–Kier alpha value is -1.39. The zero-order valence-corrected chi connectivity index (χ0v) is 10.8. The smallest absolute Gasteiger partial charge is 0.253 e. The van der Waals surface area contributed by atoms with Crippen LogP contribution < -0.4 is 10.6 Å². The lowest BCUT2D eigenvalue weighted by atomic mass is 10.1. The van der Waals surface area contributed by atoms with Gasteiger partial charge in [0.2, 0.25) is 0 Å². The molecule has 18 heavy (non-hydrogen) atoms. The summed E-state index contributed by atoms with van der Waals surface area (Å²) in [5, 5.41) is 0. The van der Waals surface area contributed by atoms with Gasteiger partial charge in [0, 0.05) is 5.69 Å². The van der Waals surface area contributed by atoms with Gasteiger partial charge < -0.3 is 15.4 Å². The second-order valence-corrected chi connectivity index (χ2v) is 4.71. The standard InChI is InChI=1S/C14H20N2O2/c1-11-4-2-5-12(8-11)16-9-13(6-3-7-15)18-10-14(16)17/h2,4-5,8,13H,3,6-7,9-10,15H2,1H3. The molecule has 0 bridgehead atoms. The maximum absolute atomic E-state index is 11.9. The Balaban J connectivity index is 2.08. The van der Waals surface area contributed by atoms with Crippen molar-refractivity contribution in [3.8, 4) is 0 Å². The van der Waals surface area contributed by atoms with E-state index in [-0.39, 0.29) is 18.6 Å². The van der Waals surface area contributed by atoms with Crippen molar-refractivity contribution in [2.75, 3.05) is 24.6 Å². The second kappa shape index (κ2) is 5.98. The summed E-state index contributed by atoms with van der Waals surface area (Å²) >= 11 is 0. The zero-order chi connectivity index (χ0) is 13.0. The van der Waals surface area contributed by atoms with Crippen molar-refractivity contribution in [3.05, 3.63) is 29.8 Å². The van der Waals surface area contributed by atoms with E-state index in [1.807, 2.05) is 36.1 Å². The molecular formula is C14H20N2O2. The van der Waals surface area contributed by atoms with Gasteiger partial charge in [0.25, 0.3) is 5.91 Å². The van der Waals surface area contributed by atoms with Gasteiger partial charge in [0.15, 0.2) is 0 Å². The minimum Gasteiger partial charge on any atom is -0.367 e. The van der Waals surface area contributed by atoms with Crippen molar-refractivity contribution < 1.29 is 9.53 Å². The van der Waals surface area contributed by atoms with Gasteiger partial charge in [0.05, 0.1) is 12.6 Å². The van der Waals surface area contributed by atoms with Gasteiger partial charge >= 0.3 is 0 Å². The summed E-state index contributed by atoms with van der Waals surface area (Å²) in [5.41, 5.74) is 7.62. The molecule has 1 unspecified atom stereocenters. The largest absolute Gasteiger partial charge is 0.367 e. The third-order valence-electron chi connectivity index (χ3n) is 3.17. The monoisotopic (exact) mass is 248 g/mol. The lowest BCUT2D eigenvalue weighted by Gasteiger charge is -2.33. The minimum absolute atomic E-state index is 0.0320. The maximum Gasteiger partial charge on any atom is 0.253 e. The van der Waals surface area contributed by atoms with E-state index in [9.17, 15) is 4.79 Å². The fraction of sp³-hybridized carbons (Fsp3) is 0.500. The Labute approximate surface area is 108 Å². The second-order valence-electron chi connectivity index (χ2n) is 4.71. The van der Waals surface area contributed by atoms with Crippen LogP contribution in [0.3, 0.4) is 0 Å². The maximum atomic E-state index is 11.9. The molecule has 1 amide bonds. The lowest BCUT2D eigenvalue weighted by Crippen LogP contribution is -2.46. The van der Waals surface area contributed by atoms with Crippen molar-refractivity contribution in [1.82, 2.24) is 0 Å². The molecule has 4 nitrogen and oxygen atoms in total. The highest BCUT2D eigenvalue weighted by Gasteiger charge is 2.26. The average Bonchev–Trinajstić information content (AvgIpc) is 2.38. The van der Waals surface area contributed by atoms with Crippen LogP contribution in [0.15, 0.2) is 24.3 Å². The van der Waals surface area contributed by atoms with Crippen LogP contribution in [0.5, 0.6) is 0 Å². The van der Waals surface area contributed by atoms with Crippen LogP contribution in [0.2, 0.25) is 0 Å². The Kier molecular flexibility index (Phi) is 4.33. The lowest BCUT2D eigenvalue weighted by molar-refractivity contribution is -0.129. The number of ether oxygens (including phenoxy) is 1. The number of hydrogen-bond acceptors (Lipinski definition) is 3. The van der Waals surface area contributed by atoms with Gasteiger partial charge in [-0.1, -0.05) is 12.1 Å². The number of carbonyl (C=O) groups is 1. The quantitative estimate of drug-likeness (QED) is 0.877. The molecule has 1 aromatic rings. The third-order valence-corrected chi connectivity index (χ3v) is 3.17. The van der Waals surface area contributed by atoms with E-state index >= 15 is 0 Å². The van der Waals surface area contributed by atoms with E-state index < -0.39 is 0 Å². The first kappa shape index (κ1) is 13.1. The summed E-state index contributed by atoms with van der Waals surface area (Å²) < 4.78 is 5.53. The van der Waals surface area contributed by atoms with Crippen LogP contribution in [0.4, 0.5) is 5.69 Å². The SMILES string of the molecule is Cc1cccc(N2CC(CCCN)OCC2=O)c1. The van der Waals surface area contributed by atoms with Gasteiger partial charge in [-0.05, 0) is 44.0 Å². The number of nitrogens with zero attached hydrogens (tertiary/aromatic N) is 1. The molecule has 0 saturated carbocycles. The molecule has 1 saturated heterocycles. The van der Waals surface area contributed by atoms with Gasteiger partial charge in [-0.3, -0.25) is 4.79 Å². The van der Waals surface area contributed by atoms with Gasteiger partial charge in [-0.25, -0.2) is 0 Å². The predicted molar refractivity (Wildman–Crippen MR) is 71.6 cm³/mol. The normalized spacial score (nSPS) is 20.2. The number of carbonyl (C=O) groups excluding carboxylic acids is 1. The number of anilines is 1. The van der Waals surface area contributed by atoms with Gasteiger partial charge in [0.1, 0.15) is 6.61 Å². The number of benzene rings is 1. The molecule has 98 valence electrons. The van der Waals surface area contributed by atoms with Crippen LogP contribution in [-0.2, 0) is 9.53 Å². The van der Waals surface area contributed by atoms with Crippen molar-refractivity contribution in [3.63, 3.8) is 0 Å². The number of rotatable bonds is 4. The van der Waals surface area contributed by atoms with Crippen LogP contribution >= 0.6 is 0 Å². The van der Waals surface area contributed by atoms with Gasteiger partial charge in [-0.2, -0.15) is 0 Å². The molecule has 1 heterocycles. The number of morpholine rings is 1. The highest BCUT2D eigenvalue weighted by molar-refractivity contribution is 5.95. The third kappa shape index (κ3) is 3.09. The Morgan fingerprint density at radius 3 is 3.06 bits per heavy atom. The fourth-order valence-electron chi connectivity index (χ4n) is 2.19. The topological polar surface area (TPSA) is 55.6 Å². The number of hydrogen-bond donors (Lipinski definition) is 1. The van der Waals surface area contributed by atoms with Crippen molar-refractivity contribution >= 4 is 11.6 Å². The van der Waals surface area contributed by atoms with E-state index in [1.165, 1.54) is 0 Å². The van der Waals surface area contributed by atoms with E-state index in [2.05, 4.69) is 0 Å². The predicted octanol–water partition coefficient (Wildman–Crippen LogP) is 1.47. The number of amides is 1. The number of aryl methyl sites for hydroxylation is 1. The molecule has 4 heteroatoms. The molecule has 1 aliphatic rings. The molecule has 2 N–H and O–H groups in total. The Morgan fingerprint density at radius 1 is 1.50 bits per heavy atom. The van der Waals surface area contributed by atoms with Crippen LogP contribution in [0, 0.1) is 6.92 Å². The molecule has 0 aliphatic carbocycles. The summed E-state index contributed by atoms with van der Waals surface area (Å²) in [6.45, 7) is 3.49. The summed E-state index contributed by atoms with van der Waals surface area (Å²) in [7, 11) is 0. The first-order valence-corrected chi connectivity index (χ1v) is 6.39. The minimum atomic E-state index is 0.0320. The first-order chi connectivity index (χ1) is 8.70. The molecule has 1 aliphatic heterocycles. The van der Waals surface area contributed by atoms with Crippen molar-refractivity contribution in [2.45, 2.75) is 25.9 Å². The van der Waals surface area contributed by atoms with Crippen LogP contribution in [-0.4, -0.2) is 31.7 Å². The van der Waals surface area contributed by atoms with Gasteiger partial charge in [-0.15, -0.1) is 0 Å². The Bertz CT molecular complexity index is 420. The van der Waals surface area contributed by atoms with Crippen molar-refractivity contribution in [1.29, 1.82) is 0 Å². The average molecular weight is 248 g/mol. The molecular weight excluding hydrogens is 228 g/mol. The highest BCUT2D eigenvalue weighted by atomic mass is 16.5. The summed E-state index contributed by atoms with van der Waals surface area (Å²) in [5.74, 6) is 0.0320. The summed E-state index contributed by atoms with van der Waals surface area (Å²) in [4.78, 5) is 13.7. The fourth-order valence-corrected chi connectivity index (χ4v) is 2.19. The zero-order valence-electron chi connectivity index (χ0n) is 10.8. The molecule has 1 aromatic carbocycles. The molecule has 1 atom stereocenters. The molecule has 1 fully saturated rings. The van der Waals surface area contributed by atoms with Crippen LogP contribution in [0.1, 0.15) is 18.4 Å². The van der Waals surface area contributed by atoms with Crippen molar-refractivity contribution in [2.24, 2.45) is 5.73 Å². The van der Waals surface area contributed by atoms with Crippen LogP contribution in [0.25, 0.3) is 0 Å². The summed E-state index contributed by atoms with van der Waals surface area (Å²) in [6, 6.07) is 8.00. The summed E-state index contributed by atoms with van der Waals surface area (Å²) in [6.07, 6.45) is 1.94. The number of nitrogens with two attached hydrogens (primary N) is 1. The molecule has 0 aromatic heterocycles. The Morgan fingerprint density at radius 2 is 2.33 bits per heavy atom.